The van der Waals surface area contributed by atoms with Gasteiger partial charge in [0.05, 0.1) is 28.7 Å². The Bertz CT molecular complexity index is 1220. The Morgan fingerprint density at radius 3 is 2.59 bits per heavy atom. The van der Waals surface area contributed by atoms with E-state index >= 15 is 0 Å². The number of nitrogens with zero attached hydrogens (tertiary/aromatic N) is 1. The third-order valence-electron chi connectivity index (χ3n) is 5.03. The van der Waals surface area contributed by atoms with Crippen LogP contribution in [0.15, 0.2) is 59.5 Å². The Kier molecular flexibility index (Phi) is 7.05. The van der Waals surface area contributed by atoms with Crippen molar-refractivity contribution < 1.29 is 19.1 Å². The number of ether oxygens (including phenoxy) is 2. The molecular formula is C25H22INO4S. The van der Waals surface area contributed by atoms with Gasteiger partial charge in [0, 0.05) is 0 Å². The zero-order valence-corrected chi connectivity index (χ0v) is 20.7. The molecule has 0 unspecified atom stereocenters. The lowest BCUT2D eigenvalue weighted by molar-refractivity contribution is -0.123. The smallest absolute Gasteiger partial charge is 0.293 e. The number of fused-ring (bicyclic) bond motifs is 1. The second kappa shape index (κ2) is 9.95. The molecule has 5 nitrogen and oxygen atoms in total. The van der Waals surface area contributed by atoms with E-state index in [-0.39, 0.29) is 17.7 Å². The Balaban J connectivity index is 1.57. The van der Waals surface area contributed by atoms with Gasteiger partial charge in [-0.3, -0.25) is 14.5 Å². The Hall–Kier alpha value is -2.52. The summed E-state index contributed by atoms with van der Waals surface area (Å²) in [5, 5.41) is 1.94. The van der Waals surface area contributed by atoms with Crippen molar-refractivity contribution in [2.75, 3.05) is 13.7 Å². The molecule has 1 aliphatic heterocycles. The summed E-state index contributed by atoms with van der Waals surface area (Å²) < 4.78 is 12.2. The summed E-state index contributed by atoms with van der Waals surface area (Å²) in [5.41, 5.74) is 1.70. The fraction of sp³-hybridized carbons (Fsp3) is 0.200. The number of carbonyl (C=O) groups excluding carboxylic acids is 2. The predicted molar refractivity (Wildman–Crippen MR) is 137 cm³/mol. The average Bonchev–Trinajstić information content (AvgIpc) is 3.05. The van der Waals surface area contributed by atoms with Crippen LogP contribution in [0.5, 0.6) is 11.5 Å². The number of rotatable bonds is 7. The molecule has 0 atom stereocenters. The Labute approximate surface area is 204 Å². The van der Waals surface area contributed by atoms with Crippen LogP contribution in [0.25, 0.3) is 16.8 Å². The van der Waals surface area contributed by atoms with Gasteiger partial charge in [0.15, 0.2) is 11.5 Å². The van der Waals surface area contributed by atoms with Crippen LogP contribution in [0.1, 0.15) is 24.5 Å². The first-order valence-electron chi connectivity index (χ1n) is 10.2. The molecule has 32 heavy (non-hydrogen) atoms. The first kappa shape index (κ1) is 22.7. The molecule has 0 saturated carbocycles. The van der Waals surface area contributed by atoms with Gasteiger partial charge in [0.2, 0.25) is 0 Å². The second-order valence-electron chi connectivity index (χ2n) is 7.33. The molecule has 164 valence electrons. The summed E-state index contributed by atoms with van der Waals surface area (Å²) in [5.74, 6) is 1.01. The van der Waals surface area contributed by atoms with E-state index in [0.29, 0.717) is 23.0 Å². The zero-order chi connectivity index (χ0) is 22.7. The van der Waals surface area contributed by atoms with E-state index in [1.54, 1.807) is 13.2 Å². The van der Waals surface area contributed by atoms with Gasteiger partial charge in [0.25, 0.3) is 11.1 Å². The summed E-state index contributed by atoms with van der Waals surface area (Å²) in [6.45, 7) is 2.89. The lowest BCUT2D eigenvalue weighted by Gasteiger charge is -2.14. The summed E-state index contributed by atoms with van der Waals surface area (Å²) in [7, 11) is 1.59. The normalized spacial score (nSPS) is 15.1. The molecule has 0 aliphatic carbocycles. The zero-order valence-electron chi connectivity index (χ0n) is 17.8. The summed E-state index contributed by atoms with van der Waals surface area (Å²) >= 11 is 3.15. The Morgan fingerprint density at radius 1 is 1.06 bits per heavy atom. The van der Waals surface area contributed by atoms with E-state index in [4.69, 9.17) is 9.47 Å². The molecule has 0 N–H and O–H groups in total. The molecule has 3 aromatic rings. The van der Waals surface area contributed by atoms with Gasteiger partial charge in [-0.25, -0.2) is 0 Å². The molecular weight excluding hydrogens is 537 g/mol. The molecule has 0 aromatic heterocycles. The average molecular weight is 559 g/mol. The monoisotopic (exact) mass is 559 g/mol. The van der Waals surface area contributed by atoms with Crippen LogP contribution < -0.4 is 9.47 Å². The maximum atomic E-state index is 13.0. The van der Waals surface area contributed by atoms with Gasteiger partial charge in [-0.2, -0.15) is 0 Å². The highest BCUT2D eigenvalue weighted by molar-refractivity contribution is 14.1. The number of amides is 2. The molecule has 0 bridgehead atoms. The van der Waals surface area contributed by atoms with E-state index in [9.17, 15) is 9.59 Å². The molecule has 7 heteroatoms. The summed E-state index contributed by atoms with van der Waals surface area (Å²) in [6, 6.07) is 17.8. The number of halogens is 1. The van der Waals surface area contributed by atoms with E-state index in [1.807, 2.05) is 61.5 Å². The van der Waals surface area contributed by atoms with E-state index in [2.05, 4.69) is 22.6 Å². The van der Waals surface area contributed by atoms with Crippen LogP contribution in [-0.2, 0) is 11.3 Å². The van der Waals surface area contributed by atoms with Crippen molar-refractivity contribution in [3.8, 4) is 11.5 Å². The largest absolute Gasteiger partial charge is 0.493 e. The minimum absolute atomic E-state index is 0.248. The van der Waals surface area contributed by atoms with Gasteiger partial charge in [-0.1, -0.05) is 43.3 Å². The molecule has 1 heterocycles. The minimum Gasteiger partial charge on any atom is -0.493 e. The van der Waals surface area contributed by atoms with Gasteiger partial charge >= 0.3 is 0 Å². The molecule has 2 amide bonds. The number of thioether (sulfide) groups is 1. The molecule has 1 fully saturated rings. The van der Waals surface area contributed by atoms with Crippen LogP contribution >= 0.6 is 34.4 Å². The fourth-order valence-electron chi connectivity index (χ4n) is 3.47. The van der Waals surface area contributed by atoms with Crippen molar-refractivity contribution >= 4 is 62.3 Å². The van der Waals surface area contributed by atoms with E-state index < -0.39 is 0 Å². The third-order valence-corrected chi connectivity index (χ3v) is 6.74. The van der Waals surface area contributed by atoms with Gasteiger partial charge in [-0.05, 0) is 86.9 Å². The number of hydrogen-bond acceptors (Lipinski definition) is 5. The fourth-order valence-corrected chi connectivity index (χ4v) is 5.09. The highest BCUT2D eigenvalue weighted by atomic mass is 127. The van der Waals surface area contributed by atoms with Crippen molar-refractivity contribution in [2.24, 2.45) is 0 Å². The summed E-state index contributed by atoms with van der Waals surface area (Å²) in [4.78, 5) is 27.3. The lowest BCUT2D eigenvalue weighted by Crippen LogP contribution is -2.27. The molecule has 0 radical (unpaired) electrons. The van der Waals surface area contributed by atoms with Crippen LogP contribution in [0.2, 0.25) is 0 Å². The highest BCUT2D eigenvalue weighted by Gasteiger charge is 2.35. The quantitative estimate of drug-likeness (QED) is 0.245. The van der Waals surface area contributed by atoms with Crippen molar-refractivity contribution in [2.45, 2.75) is 19.9 Å². The van der Waals surface area contributed by atoms with Crippen LogP contribution in [0, 0.1) is 3.57 Å². The van der Waals surface area contributed by atoms with Crippen LogP contribution in [0.4, 0.5) is 4.79 Å². The lowest BCUT2D eigenvalue weighted by atomic mass is 10.1. The van der Waals surface area contributed by atoms with Gasteiger partial charge < -0.3 is 9.47 Å². The van der Waals surface area contributed by atoms with Crippen molar-refractivity contribution in [1.82, 2.24) is 4.90 Å². The Morgan fingerprint density at radius 2 is 1.84 bits per heavy atom. The number of benzene rings is 3. The second-order valence-corrected chi connectivity index (χ2v) is 9.49. The first-order chi connectivity index (χ1) is 15.5. The maximum absolute atomic E-state index is 13.0. The van der Waals surface area contributed by atoms with Crippen molar-refractivity contribution in [3.63, 3.8) is 0 Å². The van der Waals surface area contributed by atoms with Crippen molar-refractivity contribution in [1.29, 1.82) is 0 Å². The van der Waals surface area contributed by atoms with Crippen LogP contribution in [-0.4, -0.2) is 29.8 Å². The number of hydrogen-bond donors (Lipinski definition) is 0. The standard InChI is InChI=1S/C25H22INO4S/c1-3-10-31-23-20(26)12-17(13-21(23)30-2)14-22-24(28)27(25(29)32-22)15-16-8-9-18-6-4-5-7-19(18)11-16/h4-9,11-14H,3,10,15H2,1-2H3/b22-14-. The van der Waals surface area contributed by atoms with Crippen LogP contribution in [0.3, 0.4) is 0 Å². The van der Waals surface area contributed by atoms with Gasteiger partial charge in [-0.15, -0.1) is 0 Å². The number of methoxy groups -OCH3 is 1. The number of carbonyl (C=O) groups is 2. The maximum Gasteiger partial charge on any atom is 0.293 e. The van der Waals surface area contributed by atoms with E-state index in [0.717, 1.165) is 43.7 Å². The molecule has 0 spiro atoms. The molecule has 4 rings (SSSR count). The molecule has 3 aromatic carbocycles. The SMILES string of the molecule is CCCOc1c(I)cc(/C=C2\SC(=O)N(Cc3ccc4ccccc4c3)C2=O)cc1OC. The first-order valence-corrected chi connectivity index (χ1v) is 12.1. The summed E-state index contributed by atoms with van der Waals surface area (Å²) in [6.07, 6.45) is 2.63. The third kappa shape index (κ3) is 4.78. The topological polar surface area (TPSA) is 55.8 Å². The number of imide groups is 1. The van der Waals surface area contributed by atoms with Gasteiger partial charge in [0.1, 0.15) is 0 Å². The van der Waals surface area contributed by atoms with Crippen molar-refractivity contribution in [3.05, 3.63) is 74.2 Å². The highest BCUT2D eigenvalue weighted by Crippen LogP contribution is 2.37. The molecule has 1 saturated heterocycles. The minimum atomic E-state index is -0.284. The predicted octanol–water partition coefficient (Wildman–Crippen LogP) is 6.48. The van der Waals surface area contributed by atoms with E-state index in [1.165, 1.54) is 4.90 Å². The molecule has 1 aliphatic rings.